The smallest absolute Gasteiger partial charge is 0.336 e. The van der Waals surface area contributed by atoms with Crippen LogP contribution in [0.3, 0.4) is 0 Å². The summed E-state index contributed by atoms with van der Waals surface area (Å²) in [6.07, 6.45) is 2.01. The van der Waals surface area contributed by atoms with E-state index in [0.717, 1.165) is 19.4 Å². The molecule has 0 fully saturated rings. The van der Waals surface area contributed by atoms with Gasteiger partial charge in [0.2, 0.25) is 0 Å². The lowest BCUT2D eigenvalue weighted by atomic mass is 10.1. The van der Waals surface area contributed by atoms with E-state index in [0.29, 0.717) is 28.0 Å². The van der Waals surface area contributed by atoms with Crippen LogP contribution in [0.2, 0.25) is 0 Å². The molecule has 0 unspecified atom stereocenters. The van der Waals surface area contributed by atoms with Crippen molar-refractivity contribution in [2.24, 2.45) is 0 Å². The van der Waals surface area contributed by atoms with E-state index in [1.807, 2.05) is 11.9 Å². The number of rotatable bonds is 7. The number of aromatic nitrogens is 1. The Morgan fingerprint density at radius 2 is 1.86 bits per heavy atom. The molecule has 1 amide bonds. The average Bonchev–Trinajstić information content (AvgIpc) is 2.71. The number of carboxylic acid groups (broad SMARTS) is 1. The Hall–Kier alpha value is -3.48. The largest absolute Gasteiger partial charge is 0.478 e. The van der Waals surface area contributed by atoms with Crippen LogP contribution in [0, 0.1) is 5.82 Å². The topological polar surface area (TPSA) is 82.5 Å². The standard InChI is InChI=1S/C22H22FN3O3/c1-3-4-11-26(2)20-13-18(22(28)29)17-12-16(9-10-19(17)25-20)24-21(27)14-5-7-15(23)8-6-14/h5-10,12-13H,3-4,11H2,1-2H3,(H,24,27)(H,28,29). The summed E-state index contributed by atoms with van der Waals surface area (Å²) < 4.78 is 13.0. The molecule has 0 saturated carbocycles. The average molecular weight is 395 g/mol. The Labute approximate surface area is 168 Å². The number of halogens is 1. The first-order valence-corrected chi connectivity index (χ1v) is 9.35. The number of carboxylic acids is 1. The number of hydrogen-bond donors (Lipinski definition) is 2. The van der Waals surface area contributed by atoms with Crippen LogP contribution < -0.4 is 10.2 Å². The number of carbonyl (C=O) groups is 2. The molecule has 1 aromatic heterocycles. The van der Waals surface area contributed by atoms with Gasteiger partial charge < -0.3 is 15.3 Å². The van der Waals surface area contributed by atoms with Gasteiger partial charge in [-0.05, 0) is 55.0 Å². The fraction of sp³-hybridized carbons (Fsp3) is 0.227. The van der Waals surface area contributed by atoms with Crippen molar-refractivity contribution in [2.75, 3.05) is 23.8 Å². The van der Waals surface area contributed by atoms with Crippen LogP contribution in [-0.4, -0.2) is 35.6 Å². The molecule has 1 heterocycles. The summed E-state index contributed by atoms with van der Waals surface area (Å²) in [5.41, 5.74) is 1.38. The van der Waals surface area contributed by atoms with Crippen molar-refractivity contribution in [1.29, 1.82) is 0 Å². The minimum atomic E-state index is -1.07. The second kappa shape index (κ2) is 8.68. The maximum absolute atomic E-state index is 13.0. The first-order chi connectivity index (χ1) is 13.9. The molecule has 0 saturated heterocycles. The van der Waals surface area contributed by atoms with Crippen LogP contribution in [0.25, 0.3) is 10.9 Å². The predicted molar refractivity (Wildman–Crippen MR) is 111 cm³/mol. The van der Waals surface area contributed by atoms with Gasteiger partial charge in [-0.3, -0.25) is 4.79 Å². The summed E-state index contributed by atoms with van der Waals surface area (Å²) in [5, 5.41) is 12.8. The Kier molecular flexibility index (Phi) is 6.07. The lowest BCUT2D eigenvalue weighted by Crippen LogP contribution is -2.20. The van der Waals surface area contributed by atoms with Crippen LogP contribution in [0.5, 0.6) is 0 Å². The second-order valence-corrected chi connectivity index (χ2v) is 6.80. The van der Waals surface area contributed by atoms with Crippen LogP contribution in [0.4, 0.5) is 15.9 Å². The zero-order valence-electron chi connectivity index (χ0n) is 16.3. The number of aromatic carboxylic acids is 1. The van der Waals surface area contributed by atoms with Gasteiger partial charge >= 0.3 is 5.97 Å². The van der Waals surface area contributed by atoms with E-state index >= 15 is 0 Å². The molecule has 2 aromatic carbocycles. The molecular weight excluding hydrogens is 373 g/mol. The summed E-state index contributed by atoms with van der Waals surface area (Å²) in [6.45, 7) is 2.87. The first kappa shape index (κ1) is 20.3. The molecule has 0 bridgehead atoms. The zero-order valence-corrected chi connectivity index (χ0v) is 16.3. The SMILES string of the molecule is CCCCN(C)c1cc(C(=O)O)c2cc(NC(=O)c3ccc(F)cc3)ccc2n1. The molecule has 29 heavy (non-hydrogen) atoms. The van der Waals surface area contributed by atoms with Crippen LogP contribution in [0.15, 0.2) is 48.5 Å². The van der Waals surface area contributed by atoms with E-state index in [1.165, 1.54) is 24.3 Å². The van der Waals surface area contributed by atoms with Gasteiger partial charge in [-0.15, -0.1) is 0 Å². The molecule has 0 radical (unpaired) electrons. The fourth-order valence-electron chi connectivity index (χ4n) is 2.98. The highest BCUT2D eigenvalue weighted by Gasteiger charge is 2.15. The monoisotopic (exact) mass is 395 g/mol. The van der Waals surface area contributed by atoms with Crippen molar-refractivity contribution >= 4 is 34.3 Å². The molecule has 3 rings (SSSR count). The summed E-state index contributed by atoms with van der Waals surface area (Å²) in [5.74, 6) is -1.31. The number of nitrogens with one attached hydrogen (secondary N) is 1. The van der Waals surface area contributed by atoms with Crippen molar-refractivity contribution in [2.45, 2.75) is 19.8 Å². The molecule has 0 atom stereocenters. The number of hydrogen-bond acceptors (Lipinski definition) is 4. The van der Waals surface area contributed by atoms with Gasteiger partial charge in [-0.1, -0.05) is 13.3 Å². The summed E-state index contributed by atoms with van der Waals surface area (Å²) >= 11 is 0. The summed E-state index contributed by atoms with van der Waals surface area (Å²) in [7, 11) is 1.88. The normalized spacial score (nSPS) is 10.7. The number of pyridine rings is 1. The lowest BCUT2D eigenvalue weighted by molar-refractivity contribution is 0.0698. The molecule has 7 heteroatoms. The van der Waals surface area contributed by atoms with Crippen LogP contribution in [0.1, 0.15) is 40.5 Å². The summed E-state index contributed by atoms with van der Waals surface area (Å²) in [4.78, 5) is 30.7. The van der Waals surface area contributed by atoms with Gasteiger partial charge in [-0.2, -0.15) is 0 Å². The minimum Gasteiger partial charge on any atom is -0.478 e. The minimum absolute atomic E-state index is 0.117. The van der Waals surface area contributed by atoms with Crippen molar-refractivity contribution in [3.8, 4) is 0 Å². The Morgan fingerprint density at radius 1 is 1.14 bits per heavy atom. The zero-order chi connectivity index (χ0) is 21.0. The second-order valence-electron chi connectivity index (χ2n) is 6.80. The highest BCUT2D eigenvalue weighted by atomic mass is 19.1. The van der Waals surface area contributed by atoms with E-state index in [-0.39, 0.29) is 5.56 Å². The van der Waals surface area contributed by atoms with Gasteiger partial charge in [-0.25, -0.2) is 14.2 Å². The highest BCUT2D eigenvalue weighted by Crippen LogP contribution is 2.26. The number of anilines is 2. The van der Waals surface area contributed by atoms with E-state index in [1.54, 1.807) is 24.3 Å². The van der Waals surface area contributed by atoms with Gasteiger partial charge in [0.05, 0.1) is 11.1 Å². The van der Waals surface area contributed by atoms with Crippen molar-refractivity contribution in [3.63, 3.8) is 0 Å². The van der Waals surface area contributed by atoms with Gasteiger partial charge in [0.1, 0.15) is 11.6 Å². The van der Waals surface area contributed by atoms with E-state index in [4.69, 9.17) is 0 Å². The molecule has 3 aromatic rings. The van der Waals surface area contributed by atoms with E-state index in [2.05, 4.69) is 17.2 Å². The molecule has 6 nitrogen and oxygen atoms in total. The Balaban J connectivity index is 1.94. The van der Waals surface area contributed by atoms with E-state index < -0.39 is 17.7 Å². The molecule has 150 valence electrons. The number of nitrogens with zero attached hydrogens (tertiary/aromatic N) is 2. The van der Waals surface area contributed by atoms with Crippen molar-refractivity contribution < 1.29 is 19.1 Å². The third kappa shape index (κ3) is 4.68. The fourth-order valence-corrected chi connectivity index (χ4v) is 2.98. The maximum Gasteiger partial charge on any atom is 0.336 e. The lowest BCUT2D eigenvalue weighted by Gasteiger charge is -2.19. The Morgan fingerprint density at radius 3 is 2.52 bits per heavy atom. The third-order valence-electron chi connectivity index (χ3n) is 4.63. The number of unbranched alkanes of at least 4 members (excludes halogenated alkanes) is 1. The summed E-state index contributed by atoms with van der Waals surface area (Å²) in [6, 6.07) is 11.7. The molecular formula is C22H22FN3O3. The van der Waals surface area contributed by atoms with Gasteiger partial charge in [0.25, 0.3) is 5.91 Å². The van der Waals surface area contributed by atoms with Gasteiger partial charge in [0, 0.05) is 30.2 Å². The van der Waals surface area contributed by atoms with Crippen LogP contribution >= 0.6 is 0 Å². The number of carbonyl (C=O) groups excluding carboxylic acids is 1. The third-order valence-corrected chi connectivity index (χ3v) is 4.63. The molecule has 2 N–H and O–H groups in total. The molecule has 0 aliphatic carbocycles. The van der Waals surface area contributed by atoms with Crippen molar-refractivity contribution in [3.05, 3.63) is 65.5 Å². The maximum atomic E-state index is 13.0. The van der Waals surface area contributed by atoms with E-state index in [9.17, 15) is 19.1 Å². The first-order valence-electron chi connectivity index (χ1n) is 9.35. The van der Waals surface area contributed by atoms with Gasteiger partial charge in [0.15, 0.2) is 0 Å². The predicted octanol–water partition coefficient (Wildman–Crippen LogP) is 4.56. The number of benzene rings is 2. The molecule has 0 spiro atoms. The number of amides is 1. The molecule has 0 aliphatic heterocycles. The molecule has 0 aliphatic rings. The van der Waals surface area contributed by atoms with Crippen molar-refractivity contribution in [1.82, 2.24) is 4.98 Å². The Bertz CT molecular complexity index is 1050. The quantitative estimate of drug-likeness (QED) is 0.613. The van der Waals surface area contributed by atoms with Crippen LogP contribution in [-0.2, 0) is 0 Å². The highest BCUT2D eigenvalue weighted by molar-refractivity contribution is 6.08. The number of fused-ring (bicyclic) bond motifs is 1.